The zero-order chi connectivity index (χ0) is 15.5. The van der Waals surface area contributed by atoms with Crippen LogP contribution in [0.5, 0.6) is 0 Å². The van der Waals surface area contributed by atoms with Gasteiger partial charge in [0.15, 0.2) is 0 Å². The van der Waals surface area contributed by atoms with Gasteiger partial charge in [0, 0.05) is 15.8 Å². The number of allylic oxidation sites excluding steroid dienone is 1. The third-order valence-corrected chi connectivity index (χ3v) is 5.33. The molecule has 0 saturated heterocycles. The number of thiophene rings is 1. The first kappa shape index (κ1) is 15.3. The molecule has 3 rings (SSSR count). The van der Waals surface area contributed by atoms with Crippen molar-refractivity contribution in [2.75, 3.05) is 0 Å². The summed E-state index contributed by atoms with van der Waals surface area (Å²) >= 11 is 15.0. The lowest BCUT2D eigenvalue weighted by molar-refractivity contribution is 1.37. The summed E-state index contributed by atoms with van der Waals surface area (Å²) in [7, 11) is 0. The van der Waals surface area contributed by atoms with Crippen LogP contribution in [0.15, 0.2) is 41.1 Å². The maximum absolute atomic E-state index is 9.35. The van der Waals surface area contributed by atoms with Crippen molar-refractivity contribution in [2.45, 2.75) is 0 Å². The van der Waals surface area contributed by atoms with Crippen LogP contribution in [0.4, 0.5) is 0 Å². The first-order chi connectivity index (χ1) is 10.7. The van der Waals surface area contributed by atoms with Gasteiger partial charge in [-0.1, -0.05) is 35.3 Å². The van der Waals surface area contributed by atoms with Crippen LogP contribution in [-0.2, 0) is 0 Å². The summed E-state index contributed by atoms with van der Waals surface area (Å²) in [6, 6.07) is 11.5. The molecule has 0 aliphatic rings. The van der Waals surface area contributed by atoms with Crippen molar-refractivity contribution in [1.82, 2.24) is 4.98 Å². The quantitative estimate of drug-likeness (QED) is 0.516. The van der Waals surface area contributed by atoms with E-state index in [-0.39, 0.29) is 0 Å². The van der Waals surface area contributed by atoms with Crippen LogP contribution in [0.25, 0.3) is 22.9 Å². The van der Waals surface area contributed by atoms with Crippen molar-refractivity contribution < 1.29 is 0 Å². The average Bonchev–Trinajstić information content (AvgIpc) is 3.18. The fourth-order valence-electron chi connectivity index (χ4n) is 1.84. The molecule has 2 heterocycles. The predicted octanol–water partition coefficient (Wildman–Crippen LogP) is 6.24. The fourth-order valence-corrected chi connectivity index (χ4v) is 3.59. The molecule has 0 atom stereocenters. The zero-order valence-electron chi connectivity index (χ0n) is 11.1. The van der Waals surface area contributed by atoms with Gasteiger partial charge in [-0.2, -0.15) is 5.26 Å². The van der Waals surface area contributed by atoms with Gasteiger partial charge in [-0.15, -0.1) is 22.7 Å². The molecule has 0 aliphatic heterocycles. The Morgan fingerprint density at radius 1 is 1.18 bits per heavy atom. The monoisotopic (exact) mass is 362 g/mol. The van der Waals surface area contributed by atoms with E-state index in [2.05, 4.69) is 11.1 Å². The summed E-state index contributed by atoms with van der Waals surface area (Å²) in [4.78, 5) is 5.56. The molecule has 0 N–H and O–H groups in total. The normalized spacial score (nSPS) is 11.4. The molecule has 22 heavy (non-hydrogen) atoms. The Bertz CT molecular complexity index is 874. The van der Waals surface area contributed by atoms with Gasteiger partial charge < -0.3 is 0 Å². The van der Waals surface area contributed by atoms with Crippen LogP contribution >= 0.6 is 45.9 Å². The van der Waals surface area contributed by atoms with E-state index < -0.39 is 0 Å². The Kier molecular flexibility index (Phi) is 4.60. The fraction of sp³-hybridized carbons (Fsp3) is 0. The van der Waals surface area contributed by atoms with Gasteiger partial charge in [0.25, 0.3) is 0 Å². The van der Waals surface area contributed by atoms with Gasteiger partial charge >= 0.3 is 0 Å². The van der Waals surface area contributed by atoms with Gasteiger partial charge in [-0.25, -0.2) is 4.98 Å². The van der Waals surface area contributed by atoms with Crippen LogP contribution in [0, 0.1) is 11.3 Å². The third kappa shape index (κ3) is 3.23. The highest BCUT2D eigenvalue weighted by Gasteiger charge is 2.10. The molecule has 0 aliphatic carbocycles. The summed E-state index contributed by atoms with van der Waals surface area (Å²) in [5, 5.41) is 14.9. The molecule has 3 aromatic rings. The number of rotatable bonds is 3. The van der Waals surface area contributed by atoms with Crippen molar-refractivity contribution in [3.63, 3.8) is 0 Å². The molecule has 0 bridgehead atoms. The summed E-state index contributed by atoms with van der Waals surface area (Å²) in [5.74, 6) is 0. The molecule has 0 spiro atoms. The van der Waals surface area contributed by atoms with Crippen LogP contribution in [0.3, 0.4) is 0 Å². The highest BCUT2D eigenvalue weighted by atomic mass is 35.5. The van der Waals surface area contributed by atoms with Gasteiger partial charge in [0.1, 0.15) is 11.1 Å². The van der Waals surface area contributed by atoms with E-state index in [0.717, 1.165) is 16.1 Å². The second-order valence-electron chi connectivity index (χ2n) is 4.35. The largest absolute Gasteiger partial charge is 0.235 e. The number of hydrogen-bond donors (Lipinski definition) is 0. The van der Waals surface area contributed by atoms with Crippen LogP contribution in [0.1, 0.15) is 9.88 Å². The second-order valence-corrected chi connectivity index (χ2v) is 7.00. The highest BCUT2D eigenvalue weighted by molar-refractivity contribution is 7.12. The number of nitriles is 1. The Labute approximate surface area is 145 Å². The molecular weight excluding hydrogens is 355 g/mol. The van der Waals surface area contributed by atoms with E-state index in [0.29, 0.717) is 20.6 Å². The topological polar surface area (TPSA) is 36.7 Å². The van der Waals surface area contributed by atoms with E-state index in [1.54, 1.807) is 23.5 Å². The second kappa shape index (κ2) is 6.64. The van der Waals surface area contributed by atoms with Crippen LogP contribution in [-0.4, -0.2) is 4.98 Å². The molecular formula is C16H8Cl2N2S2. The van der Waals surface area contributed by atoms with Crippen molar-refractivity contribution in [2.24, 2.45) is 0 Å². The molecule has 0 radical (unpaired) electrons. The standard InChI is InChI=1S/C16H8Cl2N2S2/c17-13-4-3-10(7-14(13)18)15-9-22-16(20-15)11(8-19)6-12-2-1-5-21-12/h1-7,9H/b11-6-. The summed E-state index contributed by atoms with van der Waals surface area (Å²) in [6.07, 6.45) is 1.85. The Balaban J connectivity index is 1.96. The molecule has 2 aromatic heterocycles. The lowest BCUT2D eigenvalue weighted by atomic mass is 10.2. The maximum Gasteiger partial charge on any atom is 0.134 e. The van der Waals surface area contributed by atoms with Crippen molar-refractivity contribution in [3.05, 3.63) is 61.0 Å². The Morgan fingerprint density at radius 3 is 2.73 bits per heavy atom. The van der Waals surface area contributed by atoms with Crippen LogP contribution < -0.4 is 0 Å². The van der Waals surface area contributed by atoms with E-state index in [1.165, 1.54) is 11.3 Å². The Morgan fingerprint density at radius 2 is 2.05 bits per heavy atom. The molecule has 108 valence electrons. The van der Waals surface area contributed by atoms with Crippen molar-refractivity contribution >= 4 is 57.5 Å². The molecule has 2 nitrogen and oxygen atoms in total. The van der Waals surface area contributed by atoms with Crippen molar-refractivity contribution in [1.29, 1.82) is 5.26 Å². The Hall–Kier alpha value is -1.64. The minimum Gasteiger partial charge on any atom is -0.235 e. The zero-order valence-corrected chi connectivity index (χ0v) is 14.2. The van der Waals surface area contributed by atoms with Gasteiger partial charge in [-0.3, -0.25) is 0 Å². The molecule has 6 heteroatoms. The first-order valence-electron chi connectivity index (χ1n) is 6.24. The summed E-state index contributed by atoms with van der Waals surface area (Å²) in [6.45, 7) is 0. The minimum atomic E-state index is 0.489. The predicted molar refractivity (Wildman–Crippen MR) is 95.4 cm³/mol. The van der Waals surface area contributed by atoms with Crippen LogP contribution in [0.2, 0.25) is 10.0 Å². The number of benzene rings is 1. The molecule has 0 unspecified atom stereocenters. The lowest BCUT2D eigenvalue weighted by Crippen LogP contribution is -1.82. The highest BCUT2D eigenvalue weighted by Crippen LogP contribution is 2.31. The maximum atomic E-state index is 9.35. The number of nitrogens with zero attached hydrogens (tertiary/aromatic N) is 2. The SMILES string of the molecule is N#C/C(=C/c1cccs1)c1nc(-c2ccc(Cl)c(Cl)c2)cs1. The lowest BCUT2D eigenvalue weighted by Gasteiger charge is -1.99. The van der Waals surface area contributed by atoms with E-state index >= 15 is 0 Å². The van der Waals surface area contributed by atoms with Gasteiger partial charge in [0.2, 0.25) is 0 Å². The summed E-state index contributed by atoms with van der Waals surface area (Å²) in [5.41, 5.74) is 2.22. The molecule has 0 amide bonds. The third-order valence-electron chi connectivity index (χ3n) is 2.90. The smallest absolute Gasteiger partial charge is 0.134 e. The number of thiazole rings is 1. The number of hydrogen-bond acceptors (Lipinski definition) is 4. The van der Waals surface area contributed by atoms with Gasteiger partial charge in [0.05, 0.1) is 21.3 Å². The number of halogens is 2. The number of aromatic nitrogens is 1. The van der Waals surface area contributed by atoms with E-state index in [9.17, 15) is 5.26 Å². The molecule has 1 aromatic carbocycles. The van der Waals surface area contributed by atoms with E-state index in [1.807, 2.05) is 35.0 Å². The molecule has 0 saturated carbocycles. The first-order valence-corrected chi connectivity index (χ1v) is 8.75. The minimum absolute atomic E-state index is 0.489. The molecule has 0 fully saturated rings. The average molecular weight is 363 g/mol. The van der Waals surface area contributed by atoms with E-state index in [4.69, 9.17) is 23.2 Å². The summed E-state index contributed by atoms with van der Waals surface area (Å²) < 4.78 is 0. The van der Waals surface area contributed by atoms with Crippen molar-refractivity contribution in [3.8, 4) is 17.3 Å². The van der Waals surface area contributed by atoms with Gasteiger partial charge in [-0.05, 0) is 29.7 Å².